The molecule has 0 spiro atoms. The maximum Gasteiger partial charge on any atom is 0.246 e. The van der Waals surface area contributed by atoms with Crippen LogP contribution in [0.15, 0.2) is 71.9 Å². The van der Waals surface area contributed by atoms with Crippen molar-refractivity contribution in [1.82, 2.24) is 14.1 Å². The minimum absolute atomic E-state index is 0.162. The second-order valence-corrected chi connectivity index (χ2v) is 8.17. The van der Waals surface area contributed by atoms with E-state index in [0.717, 1.165) is 24.1 Å². The van der Waals surface area contributed by atoms with Gasteiger partial charge in [-0.3, -0.25) is 0 Å². The monoisotopic (exact) mass is 371 g/mol. The number of sulfonamides is 1. The summed E-state index contributed by atoms with van der Waals surface area (Å²) in [6.07, 6.45) is 4.40. The summed E-state index contributed by atoms with van der Waals surface area (Å²) in [6.45, 7) is 0.445. The van der Waals surface area contributed by atoms with Gasteiger partial charge in [-0.25, -0.2) is 17.5 Å². The highest BCUT2D eigenvalue weighted by Gasteiger charge is 2.36. The van der Waals surface area contributed by atoms with Crippen molar-refractivity contribution in [2.45, 2.75) is 23.8 Å². The standard InChI is InChI=1S/C19H18FN3O2S/c20-16-10-8-15(9-11-16)19-7-4-12-23(19)26(24,25)18-13-21-22(14-18)17-5-2-1-3-6-17/h1-3,5-6,8-11,13-14,19H,4,7,12H2. The Morgan fingerprint density at radius 2 is 1.77 bits per heavy atom. The minimum Gasteiger partial charge on any atom is -0.240 e. The SMILES string of the molecule is O=S(=O)(c1cnn(-c2ccccc2)c1)N1CCCC1c1ccc(F)cc1. The van der Waals surface area contributed by atoms with Crippen LogP contribution in [0.1, 0.15) is 24.4 Å². The second kappa shape index (κ2) is 6.66. The van der Waals surface area contributed by atoms with E-state index in [9.17, 15) is 12.8 Å². The minimum atomic E-state index is -3.68. The smallest absolute Gasteiger partial charge is 0.240 e. The van der Waals surface area contributed by atoms with Gasteiger partial charge in [-0.05, 0) is 42.7 Å². The lowest BCUT2D eigenvalue weighted by Gasteiger charge is -2.23. The van der Waals surface area contributed by atoms with Gasteiger partial charge in [-0.2, -0.15) is 9.40 Å². The van der Waals surface area contributed by atoms with E-state index in [0.29, 0.717) is 6.54 Å². The van der Waals surface area contributed by atoms with Gasteiger partial charge in [-0.1, -0.05) is 30.3 Å². The Morgan fingerprint density at radius 1 is 1.04 bits per heavy atom. The van der Waals surface area contributed by atoms with Crippen molar-refractivity contribution < 1.29 is 12.8 Å². The lowest BCUT2D eigenvalue weighted by Crippen LogP contribution is -2.30. The molecule has 1 unspecified atom stereocenters. The van der Waals surface area contributed by atoms with Crippen LogP contribution in [0.3, 0.4) is 0 Å². The lowest BCUT2D eigenvalue weighted by atomic mass is 10.1. The molecule has 2 aromatic carbocycles. The van der Waals surface area contributed by atoms with Crippen molar-refractivity contribution in [3.63, 3.8) is 0 Å². The molecule has 0 bridgehead atoms. The van der Waals surface area contributed by atoms with E-state index < -0.39 is 10.0 Å². The van der Waals surface area contributed by atoms with Crippen molar-refractivity contribution in [1.29, 1.82) is 0 Å². The van der Waals surface area contributed by atoms with Crippen LogP contribution >= 0.6 is 0 Å². The molecular formula is C19H18FN3O2S. The van der Waals surface area contributed by atoms with Crippen LogP contribution in [-0.2, 0) is 10.0 Å². The van der Waals surface area contributed by atoms with Gasteiger partial charge < -0.3 is 0 Å². The van der Waals surface area contributed by atoms with Crippen LogP contribution in [0.5, 0.6) is 0 Å². The van der Waals surface area contributed by atoms with Crippen LogP contribution in [0, 0.1) is 5.82 Å². The highest BCUT2D eigenvalue weighted by molar-refractivity contribution is 7.89. The molecule has 0 radical (unpaired) electrons. The van der Waals surface area contributed by atoms with E-state index in [1.807, 2.05) is 30.3 Å². The first-order chi connectivity index (χ1) is 12.6. The fourth-order valence-electron chi connectivity index (χ4n) is 3.34. The second-order valence-electron chi connectivity index (χ2n) is 6.28. The number of para-hydroxylation sites is 1. The van der Waals surface area contributed by atoms with Gasteiger partial charge in [0.25, 0.3) is 0 Å². The van der Waals surface area contributed by atoms with Gasteiger partial charge >= 0.3 is 0 Å². The van der Waals surface area contributed by atoms with Crippen molar-refractivity contribution >= 4 is 10.0 Å². The topological polar surface area (TPSA) is 55.2 Å². The van der Waals surface area contributed by atoms with E-state index in [-0.39, 0.29) is 16.8 Å². The first kappa shape index (κ1) is 16.9. The Balaban J connectivity index is 1.65. The molecule has 0 aliphatic carbocycles. The highest BCUT2D eigenvalue weighted by Crippen LogP contribution is 2.36. The molecule has 134 valence electrons. The first-order valence-corrected chi connectivity index (χ1v) is 9.87. The van der Waals surface area contributed by atoms with E-state index in [1.54, 1.807) is 16.8 Å². The molecule has 5 nitrogen and oxygen atoms in total. The average molecular weight is 371 g/mol. The van der Waals surface area contributed by atoms with Gasteiger partial charge in [0, 0.05) is 6.54 Å². The molecule has 26 heavy (non-hydrogen) atoms. The van der Waals surface area contributed by atoms with Gasteiger partial charge in [0.15, 0.2) is 0 Å². The zero-order chi connectivity index (χ0) is 18.1. The van der Waals surface area contributed by atoms with Crippen LogP contribution < -0.4 is 0 Å². The Morgan fingerprint density at radius 3 is 2.50 bits per heavy atom. The largest absolute Gasteiger partial charge is 0.246 e. The molecule has 1 aliphatic rings. The van der Waals surface area contributed by atoms with Crippen molar-refractivity contribution in [2.75, 3.05) is 6.54 Å². The Bertz CT molecular complexity index is 1000. The highest BCUT2D eigenvalue weighted by atomic mass is 32.2. The molecule has 1 saturated heterocycles. The van der Waals surface area contributed by atoms with Crippen molar-refractivity contribution in [3.8, 4) is 5.69 Å². The fourth-order valence-corrected chi connectivity index (χ4v) is 4.96. The molecular weight excluding hydrogens is 353 g/mol. The molecule has 1 aliphatic heterocycles. The molecule has 0 saturated carbocycles. The van der Waals surface area contributed by atoms with Crippen molar-refractivity contribution in [3.05, 3.63) is 78.4 Å². The summed E-state index contributed by atoms with van der Waals surface area (Å²) < 4.78 is 42.5. The number of nitrogens with zero attached hydrogens (tertiary/aromatic N) is 3. The van der Waals surface area contributed by atoms with E-state index in [2.05, 4.69) is 5.10 Å². The molecule has 2 heterocycles. The van der Waals surface area contributed by atoms with E-state index >= 15 is 0 Å². The van der Waals surface area contributed by atoms with Crippen molar-refractivity contribution in [2.24, 2.45) is 0 Å². The van der Waals surface area contributed by atoms with Crippen LogP contribution in [0.2, 0.25) is 0 Å². The summed E-state index contributed by atoms with van der Waals surface area (Å²) in [5, 5.41) is 4.19. The summed E-state index contributed by atoms with van der Waals surface area (Å²) in [4.78, 5) is 0.162. The number of benzene rings is 2. The molecule has 3 aromatic rings. The van der Waals surface area contributed by atoms with Gasteiger partial charge in [-0.15, -0.1) is 0 Å². The molecule has 0 N–H and O–H groups in total. The number of hydrogen-bond donors (Lipinski definition) is 0. The summed E-state index contributed by atoms with van der Waals surface area (Å²) in [5.41, 5.74) is 1.60. The van der Waals surface area contributed by atoms with Gasteiger partial charge in [0.2, 0.25) is 10.0 Å². The molecule has 1 aromatic heterocycles. The Labute approximate surface area is 151 Å². The number of hydrogen-bond acceptors (Lipinski definition) is 3. The van der Waals surface area contributed by atoms with Crippen LogP contribution in [0.25, 0.3) is 5.69 Å². The lowest BCUT2D eigenvalue weighted by molar-refractivity contribution is 0.396. The zero-order valence-electron chi connectivity index (χ0n) is 14.0. The van der Waals surface area contributed by atoms with Crippen LogP contribution in [0.4, 0.5) is 4.39 Å². The van der Waals surface area contributed by atoms with Crippen LogP contribution in [-0.4, -0.2) is 29.0 Å². The molecule has 0 amide bonds. The summed E-state index contributed by atoms with van der Waals surface area (Å²) in [5.74, 6) is -0.328. The third-order valence-electron chi connectivity index (χ3n) is 4.64. The Kier molecular flexibility index (Phi) is 4.34. The van der Waals surface area contributed by atoms with E-state index in [1.165, 1.54) is 28.8 Å². The molecule has 4 rings (SSSR count). The zero-order valence-corrected chi connectivity index (χ0v) is 14.8. The summed E-state index contributed by atoms with van der Waals surface area (Å²) in [6, 6.07) is 15.1. The van der Waals surface area contributed by atoms with Gasteiger partial charge in [0.05, 0.1) is 24.1 Å². The molecule has 1 atom stereocenters. The number of aromatic nitrogens is 2. The predicted octanol–water partition coefficient (Wildman–Crippen LogP) is 3.54. The third-order valence-corrected chi connectivity index (χ3v) is 6.51. The average Bonchev–Trinajstić information content (AvgIpc) is 3.33. The quantitative estimate of drug-likeness (QED) is 0.705. The normalized spacial score (nSPS) is 18.3. The third kappa shape index (κ3) is 3.04. The first-order valence-electron chi connectivity index (χ1n) is 8.43. The number of halogens is 1. The molecule has 7 heteroatoms. The summed E-state index contributed by atoms with van der Waals surface area (Å²) >= 11 is 0. The fraction of sp³-hybridized carbons (Fsp3) is 0.211. The Hall–Kier alpha value is -2.51. The molecule has 1 fully saturated rings. The maximum absolute atomic E-state index is 13.2. The predicted molar refractivity (Wildman–Crippen MR) is 95.8 cm³/mol. The number of rotatable bonds is 4. The van der Waals surface area contributed by atoms with Gasteiger partial charge in [0.1, 0.15) is 10.7 Å². The van der Waals surface area contributed by atoms with E-state index in [4.69, 9.17) is 0 Å². The maximum atomic E-state index is 13.2. The summed E-state index contributed by atoms with van der Waals surface area (Å²) in [7, 11) is -3.68.